The highest BCUT2D eigenvalue weighted by Crippen LogP contribution is 2.22. The number of nitrogens with zero attached hydrogens (tertiary/aromatic N) is 3. The molecule has 0 spiro atoms. The lowest BCUT2D eigenvalue weighted by Gasteiger charge is -2.25. The summed E-state index contributed by atoms with van der Waals surface area (Å²) in [6, 6.07) is 12.1. The van der Waals surface area contributed by atoms with Gasteiger partial charge in [-0.05, 0) is 37.4 Å². The fourth-order valence-electron chi connectivity index (χ4n) is 3.45. The molecule has 5 heteroatoms. The molecule has 1 amide bonds. The molecule has 5 nitrogen and oxygen atoms in total. The Hall–Kier alpha value is -2.40. The molecule has 0 radical (unpaired) electrons. The molecule has 1 saturated heterocycles. The van der Waals surface area contributed by atoms with Crippen molar-refractivity contribution in [2.75, 3.05) is 26.2 Å². The lowest BCUT2D eigenvalue weighted by molar-refractivity contribution is 0.0735. The Morgan fingerprint density at radius 2 is 2.12 bits per heavy atom. The van der Waals surface area contributed by atoms with Crippen LogP contribution in [0.5, 0.6) is 5.75 Å². The summed E-state index contributed by atoms with van der Waals surface area (Å²) in [4.78, 5) is 20.8. The standard InChI is InChI=1S/C20H25N3O2/c1-2-23(20(25)18-8-10-21-12-19(18)24)15-17-9-11-22(14-17)13-16-6-4-3-5-7-16/h3-8,10,12,17,24H,2,9,11,13-15H2,1H3/t17-/m1/s1. The zero-order valence-electron chi connectivity index (χ0n) is 14.6. The van der Waals surface area contributed by atoms with E-state index in [1.165, 1.54) is 18.0 Å². The number of aromatic hydroxyl groups is 1. The maximum Gasteiger partial charge on any atom is 0.257 e. The van der Waals surface area contributed by atoms with Crippen LogP contribution in [0.1, 0.15) is 29.3 Å². The van der Waals surface area contributed by atoms with Crippen molar-refractivity contribution in [3.8, 4) is 5.75 Å². The molecule has 0 saturated carbocycles. The SMILES string of the molecule is CCN(C[C@@H]1CCN(Cc2ccccc2)C1)C(=O)c1ccncc1O. The quantitative estimate of drug-likeness (QED) is 0.879. The first-order chi connectivity index (χ1) is 12.2. The van der Waals surface area contributed by atoms with Crippen molar-refractivity contribution in [3.63, 3.8) is 0 Å². The third-order valence-electron chi connectivity index (χ3n) is 4.80. The number of benzene rings is 1. The molecule has 1 aromatic carbocycles. The highest BCUT2D eigenvalue weighted by molar-refractivity contribution is 5.96. The summed E-state index contributed by atoms with van der Waals surface area (Å²) < 4.78 is 0. The maximum absolute atomic E-state index is 12.7. The van der Waals surface area contributed by atoms with Gasteiger partial charge >= 0.3 is 0 Å². The van der Waals surface area contributed by atoms with Crippen molar-refractivity contribution in [1.82, 2.24) is 14.8 Å². The molecule has 1 atom stereocenters. The van der Waals surface area contributed by atoms with Gasteiger partial charge in [-0.1, -0.05) is 30.3 Å². The molecule has 2 heterocycles. The summed E-state index contributed by atoms with van der Waals surface area (Å²) in [6.45, 7) is 6.36. The van der Waals surface area contributed by atoms with Crippen LogP contribution < -0.4 is 0 Å². The van der Waals surface area contributed by atoms with Gasteiger partial charge in [-0.25, -0.2) is 0 Å². The van der Waals surface area contributed by atoms with Crippen molar-refractivity contribution in [1.29, 1.82) is 0 Å². The molecule has 0 unspecified atom stereocenters. The smallest absolute Gasteiger partial charge is 0.257 e. The second-order valence-corrected chi connectivity index (χ2v) is 6.61. The van der Waals surface area contributed by atoms with Crippen LogP contribution >= 0.6 is 0 Å². The normalized spacial score (nSPS) is 17.6. The Kier molecular flexibility index (Phi) is 5.66. The minimum Gasteiger partial charge on any atom is -0.505 e. The van der Waals surface area contributed by atoms with Crippen molar-refractivity contribution in [2.45, 2.75) is 19.9 Å². The number of rotatable bonds is 6. The van der Waals surface area contributed by atoms with Crippen molar-refractivity contribution >= 4 is 5.91 Å². The third-order valence-corrected chi connectivity index (χ3v) is 4.80. The molecule has 3 rings (SSSR count). The monoisotopic (exact) mass is 339 g/mol. The number of likely N-dealkylation sites (tertiary alicyclic amines) is 1. The van der Waals surface area contributed by atoms with Gasteiger partial charge in [0.2, 0.25) is 0 Å². The minimum absolute atomic E-state index is 0.0527. The first kappa shape index (κ1) is 17.4. The lowest BCUT2D eigenvalue weighted by Crippen LogP contribution is -2.36. The number of hydrogen-bond donors (Lipinski definition) is 1. The molecular weight excluding hydrogens is 314 g/mol. The fraction of sp³-hybridized carbons (Fsp3) is 0.400. The number of carbonyl (C=O) groups excluding carboxylic acids is 1. The highest BCUT2D eigenvalue weighted by atomic mass is 16.3. The van der Waals surface area contributed by atoms with Gasteiger partial charge in [-0.15, -0.1) is 0 Å². The summed E-state index contributed by atoms with van der Waals surface area (Å²) in [5.41, 5.74) is 1.66. The van der Waals surface area contributed by atoms with E-state index in [0.717, 1.165) is 32.6 Å². The molecular formula is C20H25N3O2. The van der Waals surface area contributed by atoms with E-state index in [4.69, 9.17) is 0 Å². The number of pyridine rings is 1. The Balaban J connectivity index is 1.58. The van der Waals surface area contributed by atoms with Crippen LogP contribution in [-0.4, -0.2) is 52.0 Å². The Morgan fingerprint density at radius 3 is 2.84 bits per heavy atom. The molecule has 1 N–H and O–H groups in total. The van der Waals surface area contributed by atoms with Gasteiger partial charge in [0.15, 0.2) is 0 Å². The molecule has 1 aliphatic rings. The van der Waals surface area contributed by atoms with Crippen LogP contribution in [0.15, 0.2) is 48.8 Å². The van der Waals surface area contributed by atoms with E-state index in [0.29, 0.717) is 18.0 Å². The van der Waals surface area contributed by atoms with E-state index in [-0.39, 0.29) is 11.7 Å². The zero-order chi connectivity index (χ0) is 17.6. The Morgan fingerprint density at radius 1 is 1.32 bits per heavy atom. The van der Waals surface area contributed by atoms with Crippen molar-refractivity contribution in [2.24, 2.45) is 5.92 Å². The predicted octanol–water partition coefficient (Wildman–Crippen LogP) is 2.77. The van der Waals surface area contributed by atoms with Crippen LogP contribution in [-0.2, 0) is 6.54 Å². The van der Waals surface area contributed by atoms with Gasteiger partial charge in [-0.2, -0.15) is 0 Å². The van der Waals surface area contributed by atoms with Gasteiger partial charge in [0.05, 0.1) is 11.8 Å². The van der Waals surface area contributed by atoms with Gasteiger partial charge < -0.3 is 10.0 Å². The molecule has 2 aromatic rings. The lowest BCUT2D eigenvalue weighted by atomic mass is 10.1. The molecule has 0 aliphatic carbocycles. The van der Waals surface area contributed by atoms with E-state index in [9.17, 15) is 9.90 Å². The summed E-state index contributed by atoms with van der Waals surface area (Å²) in [6.07, 6.45) is 3.95. The van der Waals surface area contributed by atoms with Crippen LogP contribution in [0, 0.1) is 5.92 Å². The predicted molar refractivity (Wildman–Crippen MR) is 97.3 cm³/mol. The van der Waals surface area contributed by atoms with E-state index in [1.54, 1.807) is 6.07 Å². The van der Waals surface area contributed by atoms with E-state index in [1.807, 2.05) is 17.9 Å². The molecule has 1 fully saturated rings. The Labute approximate surface area is 148 Å². The van der Waals surface area contributed by atoms with Crippen LogP contribution in [0.3, 0.4) is 0 Å². The number of aromatic nitrogens is 1. The first-order valence-electron chi connectivity index (χ1n) is 8.86. The maximum atomic E-state index is 12.7. The van der Waals surface area contributed by atoms with Gasteiger partial charge in [0.1, 0.15) is 5.75 Å². The molecule has 25 heavy (non-hydrogen) atoms. The second-order valence-electron chi connectivity index (χ2n) is 6.61. The highest BCUT2D eigenvalue weighted by Gasteiger charge is 2.27. The molecule has 1 aromatic heterocycles. The summed E-state index contributed by atoms with van der Waals surface area (Å²) in [5.74, 6) is 0.295. The average molecular weight is 339 g/mol. The van der Waals surface area contributed by atoms with Gasteiger partial charge in [-0.3, -0.25) is 14.7 Å². The van der Waals surface area contributed by atoms with Crippen LogP contribution in [0.2, 0.25) is 0 Å². The van der Waals surface area contributed by atoms with Crippen molar-refractivity contribution < 1.29 is 9.90 Å². The summed E-state index contributed by atoms with van der Waals surface area (Å²) in [5, 5.41) is 9.87. The third kappa shape index (κ3) is 4.37. The van der Waals surface area contributed by atoms with Crippen molar-refractivity contribution in [3.05, 3.63) is 59.9 Å². The average Bonchev–Trinajstić information content (AvgIpc) is 3.07. The van der Waals surface area contributed by atoms with E-state index < -0.39 is 0 Å². The minimum atomic E-state index is -0.121. The number of hydrogen-bond acceptors (Lipinski definition) is 4. The Bertz CT molecular complexity index is 705. The molecule has 132 valence electrons. The summed E-state index contributed by atoms with van der Waals surface area (Å²) >= 11 is 0. The van der Waals surface area contributed by atoms with Crippen LogP contribution in [0.4, 0.5) is 0 Å². The zero-order valence-corrected chi connectivity index (χ0v) is 14.6. The van der Waals surface area contributed by atoms with Crippen LogP contribution in [0.25, 0.3) is 0 Å². The van der Waals surface area contributed by atoms with Gasteiger partial charge in [0, 0.05) is 32.4 Å². The van der Waals surface area contributed by atoms with E-state index in [2.05, 4.69) is 34.1 Å². The van der Waals surface area contributed by atoms with E-state index >= 15 is 0 Å². The molecule has 0 bridgehead atoms. The first-order valence-corrected chi connectivity index (χ1v) is 8.86. The second kappa shape index (κ2) is 8.12. The summed E-state index contributed by atoms with van der Waals surface area (Å²) in [7, 11) is 0. The molecule has 1 aliphatic heterocycles. The van der Waals surface area contributed by atoms with Gasteiger partial charge in [0.25, 0.3) is 5.91 Å². The topological polar surface area (TPSA) is 56.7 Å². The number of amides is 1. The number of carbonyl (C=O) groups is 1. The fourth-order valence-corrected chi connectivity index (χ4v) is 3.45. The largest absolute Gasteiger partial charge is 0.505 e.